The van der Waals surface area contributed by atoms with Crippen LogP contribution in [0.1, 0.15) is 19.8 Å². The zero-order chi connectivity index (χ0) is 11.3. The van der Waals surface area contributed by atoms with Crippen molar-refractivity contribution in [2.75, 3.05) is 26.3 Å². The van der Waals surface area contributed by atoms with Crippen LogP contribution in [0.25, 0.3) is 0 Å². The van der Waals surface area contributed by atoms with Crippen LogP contribution in [0.15, 0.2) is 0 Å². The van der Waals surface area contributed by atoms with E-state index in [1.807, 2.05) is 6.92 Å². The van der Waals surface area contributed by atoms with Gasteiger partial charge in [-0.2, -0.15) is 0 Å². The Kier molecular flexibility index (Phi) is 4.55. The van der Waals surface area contributed by atoms with Crippen molar-refractivity contribution in [3.63, 3.8) is 0 Å². The fraction of sp³-hybridized carbons (Fsp3) is 0.800. The molecule has 1 saturated heterocycles. The second-order valence-electron chi connectivity index (χ2n) is 3.71. The highest BCUT2D eigenvalue weighted by Gasteiger charge is 2.28. The maximum atomic E-state index is 11.9. The van der Waals surface area contributed by atoms with E-state index < -0.39 is 5.97 Å². The average molecular weight is 215 g/mol. The van der Waals surface area contributed by atoms with Gasteiger partial charge >= 0.3 is 5.97 Å². The fourth-order valence-electron chi connectivity index (χ4n) is 1.69. The van der Waals surface area contributed by atoms with Gasteiger partial charge < -0.3 is 14.7 Å². The van der Waals surface area contributed by atoms with Crippen LogP contribution in [-0.4, -0.2) is 48.2 Å². The molecule has 1 unspecified atom stereocenters. The zero-order valence-electron chi connectivity index (χ0n) is 8.94. The van der Waals surface area contributed by atoms with Gasteiger partial charge in [-0.1, -0.05) is 6.92 Å². The second-order valence-corrected chi connectivity index (χ2v) is 3.71. The van der Waals surface area contributed by atoms with Crippen LogP contribution in [0, 0.1) is 5.92 Å². The highest BCUT2D eigenvalue weighted by atomic mass is 16.5. The molecule has 0 spiro atoms. The quantitative estimate of drug-likeness (QED) is 0.718. The van der Waals surface area contributed by atoms with Crippen LogP contribution in [0.5, 0.6) is 0 Å². The van der Waals surface area contributed by atoms with Crippen LogP contribution >= 0.6 is 0 Å². The van der Waals surface area contributed by atoms with Gasteiger partial charge in [0, 0.05) is 13.2 Å². The van der Waals surface area contributed by atoms with Gasteiger partial charge in [0.05, 0.1) is 12.5 Å². The zero-order valence-corrected chi connectivity index (χ0v) is 8.94. The van der Waals surface area contributed by atoms with Crippen LogP contribution in [0.4, 0.5) is 0 Å². The summed E-state index contributed by atoms with van der Waals surface area (Å²) in [5.41, 5.74) is 0. The first kappa shape index (κ1) is 12.0. The summed E-state index contributed by atoms with van der Waals surface area (Å²) >= 11 is 0. The molecule has 0 radical (unpaired) electrons. The number of aliphatic carboxylic acids is 1. The standard InChI is InChI=1S/C10H17NO4/c1-2-4-11(6-9(12)13)10(14)8-3-5-15-7-8/h8H,2-7H2,1H3,(H,12,13). The molecule has 1 rings (SSSR count). The number of carboxylic acids is 1. The molecule has 0 aromatic heterocycles. The third-order valence-corrected chi connectivity index (χ3v) is 2.41. The van der Waals surface area contributed by atoms with Gasteiger partial charge in [0.1, 0.15) is 6.54 Å². The van der Waals surface area contributed by atoms with E-state index in [0.29, 0.717) is 26.2 Å². The molecule has 1 fully saturated rings. The summed E-state index contributed by atoms with van der Waals surface area (Å²) in [5, 5.41) is 8.68. The number of ether oxygens (including phenoxy) is 1. The lowest BCUT2D eigenvalue weighted by atomic mass is 10.1. The lowest BCUT2D eigenvalue weighted by Crippen LogP contribution is -2.40. The minimum Gasteiger partial charge on any atom is -0.480 e. The molecule has 1 aliphatic heterocycles. The number of rotatable bonds is 5. The van der Waals surface area contributed by atoms with Crippen LogP contribution in [-0.2, 0) is 14.3 Å². The molecule has 0 aromatic rings. The Labute approximate surface area is 89.0 Å². The maximum absolute atomic E-state index is 11.9. The normalized spacial score (nSPS) is 20.2. The van der Waals surface area contributed by atoms with E-state index in [2.05, 4.69) is 0 Å². The molecular weight excluding hydrogens is 198 g/mol. The molecule has 1 aliphatic rings. The van der Waals surface area contributed by atoms with Gasteiger partial charge in [0.15, 0.2) is 0 Å². The number of hydrogen-bond donors (Lipinski definition) is 1. The largest absolute Gasteiger partial charge is 0.480 e. The first-order valence-electron chi connectivity index (χ1n) is 5.23. The maximum Gasteiger partial charge on any atom is 0.323 e. The lowest BCUT2D eigenvalue weighted by molar-refractivity contribution is -0.146. The van der Waals surface area contributed by atoms with E-state index in [1.54, 1.807) is 0 Å². The highest BCUT2D eigenvalue weighted by Crippen LogP contribution is 2.15. The van der Waals surface area contributed by atoms with Crippen molar-refractivity contribution in [1.82, 2.24) is 4.90 Å². The number of carboxylic acid groups (broad SMARTS) is 1. The number of amides is 1. The number of carbonyl (C=O) groups is 2. The Morgan fingerprint density at radius 1 is 1.53 bits per heavy atom. The summed E-state index contributed by atoms with van der Waals surface area (Å²) < 4.78 is 5.12. The molecule has 0 bridgehead atoms. The third kappa shape index (κ3) is 3.51. The van der Waals surface area contributed by atoms with E-state index >= 15 is 0 Å². The van der Waals surface area contributed by atoms with E-state index in [-0.39, 0.29) is 18.4 Å². The van der Waals surface area contributed by atoms with Crippen LogP contribution in [0.2, 0.25) is 0 Å². The summed E-state index contributed by atoms with van der Waals surface area (Å²) in [6, 6.07) is 0. The SMILES string of the molecule is CCCN(CC(=O)O)C(=O)C1CCOC1. The van der Waals surface area contributed by atoms with Gasteiger partial charge in [-0.15, -0.1) is 0 Å². The van der Waals surface area contributed by atoms with Crippen molar-refractivity contribution < 1.29 is 19.4 Å². The summed E-state index contributed by atoms with van der Waals surface area (Å²) in [7, 11) is 0. The molecule has 1 N–H and O–H groups in total. The summed E-state index contributed by atoms with van der Waals surface area (Å²) in [4.78, 5) is 23.8. The van der Waals surface area contributed by atoms with Crippen LogP contribution in [0.3, 0.4) is 0 Å². The minimum absolute atomic E-state index is 0.0863. The van der Waals surface area contributed by atoms with E-state index in [4.69, 9.17) is 9.84 Å². The second kappa shape index (κ2) is 5.70. The fourth-order valence-corrected chi connectivity index (χ4v) is 1.69. The molecule has 1 heterocycles. The molecule has 1 amide bonds. The molecular formula is C10H17NO4. The van der Waals surface area contributed by atoms with Gasteiger partial charge in [-0.25, -0.2) is 0 Å². The van der Waals surface area contributed by atoms with Crippen molar-refractivity contribution in [3.8, 4) is 0 Å². The Balaban J connectivity index is 2.52. The van der Waals surface area contributed by atoms with E-state index in [1.165, 1.54) is 4.90 Å². The minimum atomic E-state index is -0.962. The molecule has 5 nitrogen and oxygen atoms in total. The molecule has 0 aliphatic carbocycles. The molecule has 15 heavy (non-hydrogen) atoms. The van der Waals surface area contributed by atoms with Gasteiger partial charge in [0.2, 0.25) is 5.91 Å². The van der Waals surface area contributed by atoms with Gasteiger partial charge in [0.25, 0.3) is 0 Å². The van der Waals surface area contributed by atoms with Crippen molar-refractivity contribution in [3.05, 3.63) is 0 Å². The first-order chi connectivity index (χ1) is 7.15. The van der Waals surface area contributed by atoms with Crippen molar-refractivity contribution in [2.24, 2.45) is 5.92 Å². The summed E-state index contributed by atoms with van der Waals surface area (Å²) in [6.45, 7) is 3.25. The number of carbonyl (C=O) groups excluding carboxylic acids is 1. The predicted octanol–water partition coefficient (Wildman–Crippen LogP) is 0.346. The van der Waals surface area contributed by atoms with E-state index in [9.17, 15) is 9.59 Å². The van der Waals surface area contributed by atoms with Crippen molar-refractivity contribution in [1.29, 1.82) is 0 Å². The molecule has 5 heteroatoms. The third-order valence-electron chi connectivity index (χ3n) is 2.41. The first-order valence-corrected chi connectivity index (χ1v) is 5.23. The number of nitrogens with zero attached hydrogens (tertiary/aromatic N) is 1. The topological polar surface area (TPSA) is 66.8 Å². The summed E-state index contributed by atoms with van der Waals surface area (Å²) in [6.07, 6.45) is 1.48. The number of hydrogen-bond acceptors (Lipinski definition) is 3. The van der Waals surface area contributed by atoms with Crippen LogP contribution < -0.4 is 0 Å². The van der Waals surface area contributed by atoms with Gasteiger partial charge in [-0.3, -0.25) is 9.59 Å². The molecule has 0 saturated carbocycles. The Morgan fingerprint density at radius 2 is 2.27 bits per heavy atom. The monoisotopic (exact) mass is 215 g/mol. The van der Waals surface area contributed by atoms with E-state index in [0.717, 1.165) is 6.42 Å². The smallest absolute Gasteiger partial charge is 0.323 e. The molecule has 1 atom stereocenters. The average Bonchev–Trinajstić information content (AvgIpc) is 2.68. The van der Waals surface area contributed by atoms with Crippen molar-refractivity contribution in [2.45, 2.75) is 19.8 Å². The predicted molar refractivity (Wildman–Crippen MR) is 53.4 cm³/mol. The lowest BCUT2D eigenvalue weighted by Gasteiger charge is -2.22. The summed E-state index contributed by atoms with van der Waals surface area (Å²) in [5.74, 6) is -1.19. The molecule has 86 valence electrons. The molecule has 0 aromatic carbocycles. The Morgan fingerprint density at radius 3 is 2.73 bits per heavy atom. The van der Waals surface area contributed by atoms with Crippen molar-refractivity contribution >= 4 is 11.9 Å². The Bertz CT molecular complexity index is 236. The Hall–Kier alpha value is -1.10. The van der Waals surface area contributed by atoms with Gasteiger partial charge in [-0.05, 0) is 12.8 Å². The highest BCUT2D eigenvalue weighted by molar-refractivity contribution is 5.83.